The van der Waals surface area contributed by atoms with Crippen LogP contribution in [-0.2, 0) is 14.4 Å². The molecule has 0 radical (unpaired) electrons. The first-order valence-corrected chi connectivity index (χ1v) is 11.9. The maximum Gasteiger partial charge on any atom is 0.303 e. The zero-order valence-corrected chi connectivity index (χ0v) is 18.7. The molecule has 2 amide bonds. The third-order valence-electron chi connectivity index (χ3n) is 6.90. The molecule has 0 aromatic carbocycles. The van der Waals surface area contributed by atoms with Crippen LogP contribution in [0, 0.1) is 23.7 Å². The van der Waals surface area contributed by atoms with E-state index in [1.165, 1.54) is 19.3 Å². The molecule has 0 aromatic rings. The Labute approximate surface area is 181 Å². The molecular weight excluding hydrogens is 380 g/mol. The number of allylic oxidation sites excluding steroid dienone is 2. The number of rotatable bonds is 14. The predicted molar refractivity (Wildman–Crippen MR) is 118 cm³/mol. The largest absolute Gasteiger partial charge is 0.481 e. The second-order valence-corrected chi connectivity index (χ2v) is 9.15. The lowest BCUT2D eigenvalue weighted by atomic mass is 9.77. The standard InChI is InChI=1S/C24H40N2O4/c1-3-4-7-11-22(27)26-17(2)24(30)25-16-21-19-14-13-18(15-19)20(21)10-8-5-6-9-12-23(28)29/h5,8,17-21H,3-4,6-7,9-16H2,1-2H3,(H,25,30)(H,26,27)(H,28,29)/t17-,18+,19-,20+,21+/m1/s1. The number of carboxylic acid groups (broad SMARTS) is 1. The molecule has 2 saturated carbocycles. The number of nitrogens with one attached hydrogen (secondary N) is 2. The summed E-state index contributed by atoms with van der Waals surface area (Å²) in [4.78, 5) is 35.0. The van der Waals surface area contributed by atoms with Crippen molar-refractivity contribution in [1.82, 2.24) is 10.6 Å². The Morgan fingerprint density at radius 3 is 2.47 bits per heavy atom. The van der Waals surface area contributed by atoms with E-state index in [0.29, 0.717) is 37.1 Å². The van der Waals surface area contributed by atoms with E-state index in [0.717, 1.165) is 38.0 Å². The van der Waals surface area contributed by atoms with Gasteiger partial charge in [-0.25, -0.2) is 0 Å². The van der Waals surface area contributed by atoms with Gasteiger partial charge < -0.3 is 15.7 Å². The van der Waals surface area contributed by atoms with Crippen molar-refractivity contribution in [3.05, 3.63) is 12.2 Å². The maximum atomic E-state index is 12.5. The molecule has 6 nitrogen and oxygen atoms in total. The Balaban J connectivity index is 1.74. The number of aliphatic carboxylic acids is 1. The van der Waals surface area contributed by atoms with E-state index >= 15 is 0 Å². The van der Waals surface area contributed by atoms with Gasteiger partial charge in [-0.2, -0.15) is 0 Å². The summed E-state index contributed by atoms with van der Waals surface area (Å²) in [5.41, 5.74) is 0. The van der Waals surface area contributed by atoms with Crippen molar-refractivity contribution < 1.29 is 19.5 Å². The highest BCUT2D eigenvalue weighted by Crippen LogP contribution is 2.53. The molecule has 0 saturated heterocycles. The summed E-state index contributed by atoms with van der Waals surface area (Å²) in [5.74, 6) is 1.67. The van der Waals surface area contributed by atoms with Gasteiger partial charge in [0.2, 0.25) is 11.8 Å². The van der Waals surface area contributed by atoms with Gasteiger partial charge in [0.1, 0.15) is 6.04 Å². The average molecular weight is 421 g/mol. The zero-order valence-electron chi connectivity index (χ0n) is 18.7. The van der Waals surface area contributed by atoms with Crippen LogP contribution in [0.3, 0.4) is 0 Å². The average Bonchev–Trinajstić information content (AvgIpc) is 3.30. The minimum Gasteiger partial charge on any atom is -0.481 e. The number of hydrogen-bond acceptors (Lipinski definition) is 3. The van der Waals surface area contributed by atoms with Crippen LogP contribution in [0.1, 0.15) is 84.5 Å². The van der Waals surface area contributed by atoms with Crippen molar-refractivity contribution in [2.75, 3.05) is 6.54 Å². The Morgan fingerprint density at radius 2 is 1.77 bits per heavy atom. The normalized spacial score (nSPS) is 26.1. The van der Waals surface area contributed by atoms with Gasteiger partial charge >= 0.3 is 5.97 Å². The van der Waals surface area contributed by atoms with Crippen LogP contribution in [0.4, 0.5) is 0 Å². The van der Waals surface area contributed by atoms with E-state index in [4.69, 9.17) is 5.11 Å². The fourth-order valence-electron chi connectivity index (χ4n) is 5.24. The first-order valence-electron chi connectivity index (χ1n) is 11.9. The summed E-state index contributed by atoms with van der Waals surface area (Å²) in [7, 11) is 0. The Bertz CT molecular complexity index is 604. The number of carbonyl (C=O) groups excluding carboxylic acids is 2. The lowest BCUT2D eigenvalue weighted by molar-refractivity contribution is -0.137. The van der Waals surface area contributed by atoms with Crippen LogP contribution in [0.5, 0.6) is 0 Å². The van der Waals surface area contributed by atoms with E-state index in [1.54, 1.807) is 6.92 Å². The number of amides is 2. The number of carbonyl (C=O) groups is 3. The molecule has 5 atom stereocenters. The molecule has 6 heteroatoms. The Hall–Kier alpha value is -1.85. The minimum atomic E-state index is -0.737. The van der Waals surface area contributed by atoms with E-state index in [-0.39, 0.29) is 18.2 Å². The fraction of sp³-hybridized carbons (Fsp3) is 0.792. The molecule has 0 heterocycles. The van der Waals surface area contributed by atoms with Crippen LogP contribution in [0.2, 0.25) is 0 Å². The third kappa shape index (κ3) is 7.77. The maximum absolute atomic E-state index is 12.5. The monoisotopic (exact) mass is 420 g/mol. The number of hydrogen-bond donors (Lipinski definition) is 3. The van der Waals surface area contributed by atoms with E-state index in [1.807, 2.05) is 0 Å². The molecule has 30 heavy (non-hydrogen) atoms. The molecule has 3 N–H and O–H groups in total. The highest BCUT2D eigenvalue weighted by atomic mass is 16.4. The van der Waals surface area contributed by atoms with E-state index < -0.39 is 12.0 Å². The SMILES string of the molecule is CCCCCC(=O)N[C@H](C)C(=O)NC[C@H]1[C@@H]2CC[C@@H](C2)[C@@H]1CC=CCCCC(=O)O. The van der Waals surface area contributed by atoms with Crippen LogP contribution < -0.4 is 10.6 Å². The molecular formula is C24H40N2O4. The quantitative estimate of drug-likeness (QED) is 0.292. The van der Waals surface area contributed by atoms with Crippen molar-refractivity contribution in [2.24, 2.45) is 23.7 Å². The molecule has 0 aromatic heterocycles. The Kier molecular flexibility index (Phi) is 10.4. The Morgan fingerprint density at radius 1 is 1.03 bits per heavy atom. The molecule has 2 rings (SSSR count). The summed E-state index contributed by atoms with van der Waals surface area (Å²) in [6, 6.07) is -0.495. The molecule has 170 valence electrons. The summed E-state index contributed by atoms with van der Waals surface area (Å²) in [6.07, 6.45) is 14.3. The summed E-state index contributed by atoms with van der Waals surface area (Å²) >= 11 is 0. The van der Waals surface area contributed by atoms with Gasteiger partial charge in [0.25, 0.3) is 0 Å². The van der Waals surface area contributed by atoms with Gasteiger partial charge in [-0.1, -0.05) is 31.9 Å². The summed E-state index contributed by atoms with van der Waals surface area (Å²) < 4.78 is 0. The van der Waals surface area contributed by atoms with Gasteiger partial charge in [0.05, 0.1) is 0 Å². The highest BCUT2D eigenvalue weighted by Gasteiger charge is 2.46. The van der Waals surface area contributed by atoms with Crippen molar-refractivity contribution in [3.8, 4) is 0 Å². The smallest absolute Gasteiger partial charge is 0.303 e. The van der Waals surface area contributed by atoms with Crippen molar-refractivity contribution in [1.29, 1.82) is 0 Å². The molecule has 2 aliphatic carbocycles. The molecule has 2 fully saturated rings. The molecule has 0 aliphatic heterocycles. The van der Waals surface area contributed by atoms with Crippen molar-refractivity contribution in [2.45, 2.75) is 90.5 Å². The number of fused-ring (bicyclic) bond motifs is 2. The predicted octanol–water partition coefficient (Wildman–Crippen LogP) is 4.05. The van der Waals surface area contributed by atoms with Gasteiger partial charge in [-0.3, -0.25) is 14.4 Å². The third-order valence-corrected chi connectivity index (χ3v) is 6.90. The number of carboxylic acids is 1. The van der Waals surface area contributed by atoms with E-state index in [2.05, 4.69) is 29.7 Å². The van der Waals surface area contributed by atoms with E-state index in [9.17, 15) is 14.4 Å². The molecule has 0 spiro atoms. The first kappa shape index (κ1) is 24.4. The fourth-order valence-corrected chi connectivity index (χ4v) is 5.24. The van der Waals surface area contributed by atoms with Crippen LogP contribution >= 0.6 is 0 Å². The van der Waals surface area contributed by atoms with Crippen LogP contribution in [-0.4, -0.2) is 35.5 Å². The minimum absolute atomic E-state index is 0.0445. The lowest BCUT2D eigenvalue weighted by Crippen LogP contribution is -2.47. The van der Waals surface area contributed by atoms with Crippen LogP contribution in [0.25, 0.3) is 0 Å². The molecule has 2 aliphatic rings. The first-order chi connectivity index (χ1) is 14.4. The van der Waals surface area contributed by atoms with Gasteiger partial charge in [-0.15, -0.1) is 0 Å². The summed E-state index contributed by atoms with van der Waals surface area (Å²) in [5, 5.41) is 14.6. The van der Waals surface area contributed by atoms with Gasteiger partial charge in [0.15, 0.2) is 0 Å². The zero-order chi connectivity index (χ0) is 21.9. The summed E-state index contributed by atoms with van der Waals surface area (Å²) in [6.45, 7) is 4.55. The number of unbranched alkanes of at least 4 members (excludes halogenated alkanes) is 3. The van der Waals surface area contributed by atoms with Crippen LogP contribution in [0.15, 0.2) is 12.2 Å². The van der Waals surface area contributed by atoms with Crippen molar-refractivity contribution >= 4 is 17.8 Å². The van der Waals surface area contributed by atoms with Gasteiger partial charge in [-0.05, 0) is 75.5 Å². The van der Waals surface area contributed by atoms with Gasteiger partial charge in [0, 0.05) is 19.4 Å². The lowest BCUT2D eigenvalue weighted by Gasteiger charge is -2.31. The second-order valence-electron chi connectivity index (χ2n) is 9.15. The molecule has 2 bridgehead atoms. The topological polar surface area (TPSA) is 95.5 Å². The molecule has 0 unspecified atom stereocenters. The second kappa shape index (κ2) is 12.8. The highest BCUT2D eigenvalue weighted by molar-refractivity contribution is 5.87. The van der Waals surface area contributed by atoms with Crippen molar-refractivity contribution in [3.63, 3.8) is 0 Å².